The van der Waals surface area contributed by atoms with Gasteiger partial charge in [-0.3, -0.25) is 19.5 Å². The van der Waals surface area contributed by atoms with Crippen LogP contribution in [0.25, 0.3) is 0 Å². The Labute approximate surface area is 243 Å². The number of aromatic nitrogens is 1. The number of Topliss-reactive ketones (excluding diaryl/α,β-unsaturated/α-hetero) is 1. The van der Waals surface area contributed by atoms with Gasteiger partial charge >= 0.3 is 6.18 Å². The molecule has 1 amide bonds. The highest BCUT2D eigenvalue weighted by Gasteiger charge is 2.30. The lowest BCUT2D eigenvalue weighted by Crippen LogP contribution is -2.48. The van der Waals surface area contributed by atoms with Crippen molar-refractivity contribution in [1.82, 2.24) is 14.8 Å². The van der Waals surface area contributed by atoms with Crippen LogP contribution in [0.5, 0.6) is 0 Å². The molecule has 2 saturated heterocycles. The monoisotopic (exact) mass is 575 g/mol. The number of rotatable bonds is 7. The molecule has 0 aliphatic carbocycles. The van der Waals surface area contributed by atoms with Gasteiger partial charge in [0, 0.05) is 51.0 Å². The van der Waals surface area contributed by atoms with Gasteiger partial charge in [-0.15, -0.1) is 0 Å². The molecular weight excluding hydrogens is 543 g/mol. The lowest BCUT2D eigenvalue weighted by atomic mass is 9.90. The molecule has 10 heteroatoms. The number of amides is 1. The quantitative estimate of drug-likeness (QED) is 0.350. The van der Waals surface area contributed by atoms with Gasteiger partial charge < -0.3 is 9.80 Å². The zero-order chi connectivity index (χ0) is 29.7. The van der Waals surface area contributed by atoms with Crippen LogP contribution in [0.4, 0.5) is 18.9 Å². The van der Waals surface area contributed by atoms with Gasteiger partial charge in [0.15, 0.2) is 5.78 Å². The van der Waals surface area contributed by atoms with Crippen molar-refractivity contribution in [2.45, 2.75) is 32.0 Å². The molecule has 0 radical (unpaired) electrons. The van der Waals surface area contributed by atoms with Crippen molar-refractivity contribution in [1.29, 1.82) is 5.26 Å². The standard InChI is InChI=1S/C32H32F3N5O2/c33-32(34,35)27-6-8-28(9-7-27)39-15-17-40(18-16-39)31(42)26-5-10-29(37-21-26)30(41)19-23-11-13-38(14-12-23)22-25-3-1-24(20-36)2-4-25/h1-10,21,23H,11-19,22H2. The third-order valence-electron chi connectivity index (χ3n) is 8.09. The van der Waals surface area contributed by atoms with Crippen molar-refractivity contribution in [3.05, 3.63) is 94.8 Å². The van der Waals surface area contributed by atoms with Crippen molar-refractivity contribution < 1.29 is 22.8 Å². The average molecular weight is 576 g/mol. The summed E-state index contributed by atoms with van der Waals surface area (Å²) in [5.41, 5.74) is 2.60. The molecule has 3 aromatic rings. The number of hydrogen-bond donors (Lipinski definition) is 0. The average Bonchev–Trinajstić information content (AvgIpc) is 3.02. The van der Waals surface area contributed by atoms with Crippen molar-refractivity contribution in [2.75, 3.05) is 44.2 Å². The van der Waals surface area contributed by atoms with Gasteiger partial charge in [0.25, 0.3) is 5.91 Å². The van der Waals surface area contributed by atoms with E-state index in [-0.39, 0.29) is 11.7 Å². The summed E-state index contributed by atoms with van der Waals surface area (Å²) in [7, 11) is 0. The maximum absolute atomic E-state index is 13.0. The highest BCUT2D eigenvalue weighted by atomic mass is 19.4. The molecule has 218 valence electrons. The number of carbonyl (C=O) groups is 2. The zero-order valence-corrected chi connectivity index (χ0v) is 23.2. The molecule has 42 heavy (non-hydrogen) atoms. The van der Waals surface area contributed by atoms with E-state index < -0.39 is 11.7 Å². The summed E-state index contributed by atoms with van der Waals surface area (Å²) < 4.78 is 38.5. The minimum absolute atomic E-state index is 0.0234. The first-order valence-electron chi connectivity index (χ1n) is 14.1. The maximum Gasteiger partial charge on any atom is 0.416 e. The van der Waals surface area contributed by atoms with E-state index in [2.05, 4.69) is 16.0 Å². The molecule has 3 heterocycles. The van der Waals surface area contributed by atoms with E-state index >= 15 is 0 Å². The number of alkyl halides is 3. The summed E-state index contributed by atoms with van der Waals surface area (Å²) in [6.07, 6.45) is -0.632. The second-order valence-corrected chi connectivity index (χ2v) is 10.9. The molecule has 2 aliphatic heterocycles. The Morgan fingerprint density at radius 1 is 0.881 bits per heavy atom. The highest BCUT2D eigenvalue weighted by molar-refractivity contribution is 5.97. The fraction of sp³-hybridized carbons (Fsp3) is 0.375. The van der Waals surface area contributed by atoms with Crippen LogP contribution < -0.4 is 4.90 Å². The van der Waals surface area contributed by atoms with Crippen LogP contribution in [-0.2, 0) is 12.7 Å². The van der Waals surface area contributed by atoms with E-state index in [4.69, 9.17) is 5.26 Å². The van der Waals surface area contributed by atoms with Gasteiger partial charge in [-0.2, -0.15) is 18.4 Å². The molecule has 0 N–H and O–H groups in total. The third-order valence-corrected chi connectivity index (χ3v) is 8.09. The summed E-state index contributed by atoms with van der Waals surface area (Å²) >= 11 is 0. The van der Waals surface area contributed by atoms with Crippen LogP contribution in [0.3, 0.4) is 0 Å². The first-order valence-corrected chi connectivity index (χ1v) is 14.1. The first kappa shape index (κ1) is 29.3. The van der Waals surface area contributed by atoms with E-state index in [0.717, 1.165) is 44.6 Å². The molecule has 0 unspecified atom stereocenters. The molecular formula is C32H32F3N5O2. The topological polar surface area (TPSA) is 80.5 Å². The van der Waals surface area contributed by atoms with Crippen molar-refractivity contribution >= 4 is 17.4 Å². The van der Waals surface area contributed by atoms with Crippen LogP contribution >= 0.6 is 0 Å². The summed E-state index contributed by atoms with van der Waals surface area (Å²) in [5.74, 6) is 0.0895. The number of likely N-dealkylation sites (tertiary alicyclic amines) is 1. The molecule has 0 saturated carbocycles. The SMILES string of the molecule is N#Cc1ccc(CN2CCC(CC(=O)c3ccc(C(=O)N4CCN(c5ccc(C(F)(F)F)cc5)CC4)cn3)CC2)cc1. The van der Waals surface area contributed by atoms with E-state index in [0.29, 0.717) is 61.0 Å². The number of pyridine rings is 1. The normalized spacial score (nSPS) is 16.7. The van der Waals surface area contributed by atoms with E-state index in [1.165, 1.54) is 23.9 Å². The van der Waals surface area contributed by atoms with Crippen molar-refractivity contribution in [2.24, 2.45) is 5.92 Å². The van der Waals surface area contributed by atoms with Gasteiger partial charge in [0.05, 0.1) is 22.8 Å². The van der Waals surface area contributed by atoms with Gasteiger partial charge in [0.1, 0.15) is 5.69 Å². The second kappa shape index (κ2) is 12.7. The number of benzene rings is 2. The fourth-order valence-corrected chi connectivity index (χ4v) is 5.56. The molecule has 2 fully saturated rings. The Morgan fingerprint density at radius 2 is 1.55 bits per heavy atom. The van der Waals surface area contributed by atoms with Gasteiger partial charge in [-0.25, -0.2) is 0 Å². The molecule has 1 aromatic heterocycles. The Morgan fingerprint density at radius 3 is 2.12 bits per heavy atom. The Balaban J connectivity index is 1.07. The number of nitrogens with zero attached hydrogens (tertiary/aromatic N) is 5. The number of ketones is 1. The van der Waals surface area contributed by atoms with Gasteiger partial charge in [-0.05, 0) is 85.9 Å². The predicted octanol–water partition coefficient (Wildman–Crippen LogP) is 5.42. The number of anilines is 1. The Hall–Kier alpha value is -4.23. The van der Waals surface area contributed by atoms with Crippen molar-refractivity contribution in [3.63, 3.8) is 0 Å². The van der Waals surface area contributed by atoms with E-state index in [9.17, 15) is 22.8 Å². The maximum atomic E-state index is 13.0. The van der Waals surface area contributed by atoms with E-state index in [1.807, 2.05) is 29.2 Å². The lowest BCUT2D eigenvalue weighted by molar-refractivity contribution is -0.137. The van der Waals surface area contributed by atoms with Crippen molar-refractivity contribution in [3.8, 4) is 6.07 Å². The number of piperidine rings is 1. The van der Waals surface area contributed by atoms with Crippen LogP contribution in [0.15, 0.2) is 66.9 Å². The van der Waals surface area contributed by atoms with Crippen LogP contribution in [0, 0.1) is 17.2 Å². The number of carbonyl (C=O) groups excluding carboxylic acids is 2. The summed E-state index contributed by atoms with van der Waals surface area (Å²) in [5, 5.41) is 8.96. The zero-order valence-electron chi connectivity index (χ0n) is 23.2. The summed E-state index contributed by atoms with van der Waals surface area (Å²) in [4.78, 5) is 36.3. The minimum atomic E-state index is -4.37. The minimum Gasteiger partial charge on any atom is -0.368 e. The third kappa shape index (κ3) is 7.15. The predicted molar refractivity (Wildman–Crippen MR) is 152 cm³/mol. The summed E-state index contributed by atoms with van der Waals surface area (Å²) in [6.45, 7) is 4.53. The van der Waals surface area contributed by atoms with Gasteiger partial charge in [-0.1, -0.05) is 12.1 Å². The number of nitriles is 1. The van der Waals surface area contributed by atoms with E-state index in [1.54, 1.807) is 17.0 Å². The van der Waals surface area contributed by atoms with Crippen LogP contribution in [-0.4, -0.2) is 65.7 Å². The number of piperazine rings is 1. The molecule has 2 aromatic carbocycles. The fourth-order valence-electron chi connectivity index (χ4n) is 5.56. The molecule has 7 nitrogen and oxygen atoms in total. The lowest BCUT2D eigenvalue weighted by Gasteiger charge is -2.36. The smallest absolute Gasteiger partial charge is 0.368 e. The molecule has 0 spiro atoms. The first-order chi connectivity index (χ1) is 20.2. The van der Waals surface area contributed by atoms with Crippen LogP contribution in [0.1, 0.15) is 56.8 Å². The largest absolute Gasteiger partial charge is 0.416 e. The number of halogens is 3. The van der Waals surface area contributed by atoms with Gasteiger partial charge in [0.2, 0.25) is 0 Å². The molecule has 0 bridgehead atoms. The second-order valence-electron chi connectivity index (χ2n) is 10.9. The Bertz CT molecular complexity index is 1420. The van der Waals surface area contributed by atoms with Crippen LogP contribution in [0.2, 0.25) is 0 Å². The molecule has 0 atom stereocenters. The highest BCUT2D eigenvalue weighted by Crippen LogP contribution is 2.31. The Kier molecular flexibility index (Phi) is 8.88. The summed E-state index contributed by atoms with van der Waals surface area (Å²) in [6, 6.07) is 18.1. The molecule has 5 rings (SSSR count). The number of hydrogen-bond acceptors (Lipinski definition) is 6. The molecule has 2 aliphatic rings.